The molecule has 0 spiro atoms. The molecule has 0 bridgehead atoms. The Hall–Kier alpha value is -3.64. The van der Waals surface area contributed by atoms with E-state index >= 15 is 13.2 Å². The highest BCUT2D eigenvalue weighted by molar-refractivity contribution is 6.99. The van der Waals surface area contributed by atoms with Gasteiger partial charge in [-0.1, -0.05) is 81.4 Å². The number of benzene rings is 3. The quantitative estimate of drug-likeness (QED) is 0.254. The summed E-state index contributed by atoms with van der Waals surface area (Å²) in [5, 5.41) is 8.11. The number of aliphatic imine (C=N–C) groups is 1. The smallest absolute Gasteiger partial charge is 0.282 e. The lowest BCUT2D eigenvalue weighted by Crippen LogP contribution is -2.67. The molecule has 0 aliphatic carbocycles. The molecule has 2 N–H and O–H groups in total. The monoisotopic (exact) mass is 718 g/mol. The SMILES string of the molecule is C[C@@H]1Cc2cc3c(cc2[C@@H](C2(C)N=CC(N[C@H]4CCNC4)=CC2F)N1CC(F)(F)CO[Si](c1ccccc1)(c1ccccc1)C(C)(C)C)OCO3. The van der Waals surface area contributed by atoms with Crippen LogP contribution in [0.2, 0.25) is 5.04 Å². The van der Waals surface area contributed by atoms with E-state index in [9.17, 15) is 0 Å². The molecule has 4 heterocycles. The van der Waals surface area contributed by atoms with Gasteiger partial charge in [0.1, 0.15) is 11.7 Å². The van der Waals surface area contributed by atoms with Gasteiger partial charge >= 0.3 is 0 Å². The molecule has 51 heavy (non-hydrogen) atoms. The summed E-state index contributed by atoms with van der Waals surface area (Å²) in [5.41, 5.74) is 0.867. The van der Waals surface area contributed by atoms with E-state index in [1.807, 2.05) is 79.7 Å². The van der Waals surface area contributed by atoms with Crippen molar-refractivity contribution in [2.75, 3.05) is 33.0 Å². The summed E-state index contributed by atoms with van der Waals surface area (Å²) in [6.45, 7) is 10.2. The predicted octanol–water partition coefficient (Wildman–Crippen LogP) is 5.93. The minimum absolute atomic E-state index is 0.0781. The predicted molar refractivity (Wildman–Crippen MR) is 198 cm³/mol. The van der Waals surface area contributed by atoms with Crippen molar-refractivity contribution in [1.29, 1.82) is 0 Å². The minimum Gasteiger partial charge on any atom is -0.454 e. The van der Waals surface area contributed by atoms with Crippen LogP contribution < -0.4 is 30.5 Å². The number of fused-ring (bicyclic) bond motifs is 2. The lowest BCUT2D eigenvalue weighted by molar-refractivity contribution is -0.0949. The van der Waals surface area contributed by atoms with Gasteiger partial charge in [0.25, 0.3) is 14.2 Å². The third kappa shape index (κ3) is 6.74. The number of hydrogen-bond donors (Lipinski definition) is 2. The standard InChI is InChI=1S/C40H49F3N4O3Si/c1-27-18-28-19-34-35(49-26-48-34)21-33(28)37(39(5)36(41)20-30(23-45-39)46-29-16-17-44-22-29)47(27)24-40(42,43)25-50-51(38(2,3)4,31-12-8-6-9-13-31)32-14-10-7-11-15-32/h6-15,19-21,23,27,29,36-37,44,46H,16-18,22,24-26H2,1-5H3/t27-,29+,36?,37+,39?/m1/s1. The lowest BCUT2D eigenvalue weighted by atomic mass is 9.75. The van der Waals surface area contributed by atoms with Gasteiger partial charge in [-0.2, -0.15) is 0 Å². The Kier molecular flexibility index (Phi) is 9.62. The molecule has 11 heteroatoms. The summed E-state index contributed by atoms with van der Waals surface area (Å²) < 4.78 is 68.5. The number of allylic oxidation sites excluding steroid dienone is 1. The molecule has 2 unspecified atom stereocenters. The average Bonchev–Trinajstić information content (AvgIpc) is 3.78. The van der Waals surface area contributed by atoms with Crippen LogP contribution in [0.15, 0.2) is 89.6 Å². The highest BCUT2D eigenvalue weighted by atomic mass is 28.4. The number of nitrogens with one attached hydrogen (secondary N) is 2. The molecule has 0 saturated carbocycles. The van der Waals surface area contributed by atoms with E-state index in [1.165, 1.54) is 0 Å². The molecule has 3 aromatic carbocycles. The second-order valence-corrected chi connectivity index (χ2v) is 20.0. The van der Waals surface area contributed by atoms with Crippen molar-refractivity contribution < 1.29 is 27.1 Å². The van der Waals surface area contributed by atoms with Gasteiger partial charge in [-0.25, -0.2) is 13.2 Å². The molecule has 1 saturated heterocycles. The Morgan fingerprint density at radius 2 is 1.67 bits per heavy atom. The first-order valence-electron chi connectivity index (χ1n) is 18.0. The number of hydrogen-bond acceptors (Lipinski definition) is 7. The normalized spacial score (nSPS) is 26.5. The second-order valence-electron chi connectivity index (χ2n) is 15.7. The first kappa shape index (κ1) is 35.7. The van der Waals surface area contributed by atoms with E-state index in [-0.39, 0.29) is 18.9 Å². The Bertz CT molecular complexity index is 1720. The van der Waals surface area contributed by atoms with Gasteiger partial charge in [0.05, 0.1) is 24.9 Å². The molecule has 7 rings (SSSR count). The van der Waals surface area contributed by atoms with Gasteiger partial charge in [0.15, 0.2) is 11.5 Å². The molecule has 4 aliphatic heterocycles. The van der Waals surface area contributed by atoms with Gasteiger partial charge in [-0.05, 0) is 78.0 Å². The van der Waals surface area contributed by atoms with Gasteiger partial charge in [0, 0.05) is 24.8 Å². The molecule has 0 radical (unpaired) electrons. The van der Waals surface area contributed by atoms with Crippen molar-refractivity contribution in [3.63, 3.8) is 0 Å². The summed E-state index contributed by atoms with van der Waals surface area (Å²) in [4.78, 5) is 6.61. The molecule has 0 aromatic heterocycles. The van der Waals surface area contributed by atoms with Crippen molar-refractivity contribution >= 4 is 24.9 Å². The fraction of sp³-hybridized carbons (Fsp3) is 0.475. The largest absolute Gasteiger partial charge is 0.454 e. The van der Waals surface area contributed by atoms with E-state index in [1.54, 1.807) is 24.1 Å². The fourth-order valence-corrected chi connectivity index (χ4v) is 13.0. The number of rotatable bonds is 10. The van der Waals surface area contributed by atoms with Crippen LogP contribution in [0.5, 0.6) is 11.5 Å². The van der Waals surface area contributed by atoms with E-state index in [0.717, 1.165) is 41.0 Å². The highest BCUT2D eigenvalue weighted by Crippen LogP contribution is 2.50. The summed E-state index contributed by atoms with van der Waals surface area (Å²) in [7, 11) is -3.24. The number of ether oxygens (including phenoxy) is 2. The Balaban J connectivity index is 1.23. The summed E-state index contributed by atoms with van der Waals surface area (Å²) in [6.07, 6.45) is 3.10. The van der Waals surface area contributed by atoms with Gasteiger partial charge < -0.3 is 24.5 Å². The van der Waals surface area contributed by atoms with Crippen molar-refractivity contribution in [3.8, 4) is 11.5 Å². The van der Waals surface area contributed by atoms with E-state index in [2.05, 4.69) is 31.4 Å². The number of dihydropyridines is 1. The Morgan fingerprint density at radius 3 is 2.25 bits per heavy atom. The molecular formula is C40H49F3N4O3Si. The van der Waals surface area contributed by atoms with Gasteiger partial charge in [-0.3, -0.25) is 9.89 Å². The molecule has 4 aliphatic rings. The molecule has 272 valence electrons. The maximum Gasteiger partial charge on any atom is 0.282 e. The van der Waals surface area contributed by atoms with Crippen molar-refractivity contribution in [2.24, 2.45) is 4.99 Å². The summed E-state index contributed by atoms with van der Waals surface area (Å²) in [6, 6.07) is 22.4. The maximum absolute atomic E-state index is 16.8. The zero-order valence-corrected chi connectivity index (χ0v) is 31.1. The number of nitrogens with zero attached hydrogens (tertiary/aromatic N) is 2. The zero-order chi connectivity index (χ0) is 36.0. The van der Waals surface area contributed by atoms with Gasteiger partial charge in [-0.15, -0.1) is 0 Å². The lowest BCUT2D eigenvalue weighted by Gasteiger charge is -2.51. The van der Waals surface area contributed by atoms with Crippen molar-refractivity contribution in [1.82, 2.24) is 15.5 Å². The summed E-state index contributed by atoms with van der Waals surface area (Å²) in [5.74, 6) is -2.14. The zero-order valence-electron chi connectivity index (χ0n) is 30.1. The van der Waals surface area contributed by atoms with Crippen LogP contribution in [0.25, 0.3) is 0 Å². The van der Waals surface area contributed by atoms with Crippen LogP contribution >= 0.6 is 0 Å². The van der Waals surface area contributed by atoms with Crippen LogP contribution in [0.1, 0.15) is 58.2 Å². The molecule has 7 nitrogen and oxygen atoms in total. The van der Waals surface area contributed by atoms with Crippen molar-refractivity contribution in [3.05, 3.63) is 95.7 Å². The molecule has 5 atom stereocenters. The maximum atomic E-state index is 16.8. The number of halogens is 3. The summed E-state index contributed by atoms with van der Waals surface area (Å²) >= 11 is 0. The molecule has 3 aromatic rings. The Morgan fingerprint density at radius 1 is 1.02 bits per heavy atom. The first-order valence-corrected chi connectivity index (χ1v) is 19.9. The van der Waals surface area contributed by atoms with E-state index in [4.69, 9.17) is 18.9 Å². The van der Waals surface area contributed by atoms with Crippen LogP contribution in [0.4, 0.5) is 13.2 Å². The average molecular weight is 719 g/mol. The number of alkyl halides is 3. The topological polar surface area (TPSA) is 67.4 Å². The molecule has 1 fully saturated rings. The third-order valence-electron chi connectivity index (χ3n) is 11.0. The van der Waals surface area contributed by atoms with Crippen molar-refractivity contribution in [2.45, 2.75) is 88.3 Å². The third-order valence-corrected chi connectivity index (χ3v) is 16.0. The fourth-order valence-electron chi connectivity index (χ4n) is 8.46. The molecule has 0 amide bonds. The Labute approximate surface area is 300 Å². The van der Waals surface area contributed by atoms with Crippen LogP contribution in [-0.4, -0.2) is 82.2 Å². The van der Waals surface area contributed by atoms with Crippen LogP contribution in [0, 0.1) is 0 Å². The molecular weight excluding hydrogens is 670 g/mol. The van der Waals surface area contributed by atoms with Crippen LogP contribution in [-0.2, 0) is 10.8 Å². The van der Waals surface area contributed by atoms with Gasteiger partial charge in [0.2, 0.25) is 6.79 Å². The van der Waals surface area contributed by atoms with Crippen LogP contribution in [0.3, 0.4) is 0 Å². The van der Waals surface area contributed by atoms with E-state index in [0.29, 0.717) is 23.6 Å². The minimum atomic E-state index is -3.29. The second kappa shape index (κ2) is 13.7. The highest BCUT2D eigenvalue weighted by Gasteiger charge is 2.55. The first-order chi connectivity index (χ1) is 24.3. The van der Waals surface area contributed by atoms with E-state index < -0.39 is 50.2 Å².